The molecule has 0 aromatic heterocycles. The maximum absolute atomic E-state index is 12.2. The van der Waals surface area contributed by atoms with Gasteiger partial charge in [-0.1, -0.05) is 48.0 Å². The minimum atomic E-state index is -1.17. The van der Waals surface area contributed by atoms with E-state index in [-0.39, 0.29) is 12.5 Å². The van der Waals surface area contributed by atoms with Crippen molar-refractivity contribution in [2.24, 2.45) is 0 Å². The molecular weight excluding hydrogens is 404 g/mol. The second-order valence-electron chi connectivity index (χ2n) is 8.48. The number of aryl methyl sites for hydroxylation is 2. The molecule has 0 spiro atoms. The molecule has 4 rings (SSSR count). The number of carbonyl (C=O) groups is 2. The maximum atomic E-state index is 12.2. The third kappa shape index (κ3) is 5.15. The lowest BCUT2D eigenvalue weighted by molar-refractivity contribution is -0.143. The zero-order valence-electron chi connectivity index (χ0n) is 17.9. The molecule has 4 N–H and O–H groups in total. The summed E-state index contributed by atoms with van der Waals surface area (Å²) in [5.41, 5.74) is 5.57. The Balaban J connectivity index is 1.41. The fourth-order valence-corrected chi connectivity index (χ4v) is 4.13. The van der Waals surface area contributed by atoms with Crippen molar-refractivity contribution in [3.8, 4) is 11.1 Å². The van der Waals surface area contributed by atoms with Crippen LogP contribution in [0.15, 0.2) is 66.7 Å². The molecule has 0 saturated carbocycles. The smallest absolute Gasteiger partial charge is 0.323 e. The first-order valence-electron chi connectivity index (χ1n) is 10.6. The lowest BCUT2D eigenvalue weighted by Crippen LogP contribution is -2.38. The monoisotopic (exact) mass is 430 g/mol. The van der Waals surface area contributed by atoms with Crippen LogP contribution in [0.3, 0.4) is 0 Å². The van der Waals surface area contributed by atoms with E-state index in [1.807, 2.05) is 67.6 Å². The Kier molecular flexibility index (Phi) is 5.97. The van der Waals surface area contributed by atoms with E-state index in [1.54, 1.807) is 0 Å². The molecule has 0 aliphatic heterocycles. The fourth-order valence-electron chi connectivity index (χ4n) is 4.13. The van der Waals surface area contributed by atoms with Crippen molar-refractivity contribution in [3.63, 3.8) is 0 Å². The average Bonchev–Trinajstić information content (AvgIpc) is 2.75. The van der Waals surface area contributed by atoms with Crippen LogP contribution in [-0.2, 0) is 17.6 Å². The number of carboxylic acids is 1. The van der Waals surface area contributed by atoms with E-state index < -0.39 is 11.6 Å². The summed E-state index contributed by atoms with van der Waals surface area (Å²) in [5.74, 6) is -0.978. The first-order valence-corrected chi connectivity index (χ1v) is 10.6. The second-order valence-corrected chi connectivity index (χ2v) is 8.48. The van der Waals surface area contributed by atoms with Crippen LogP contribution in [0, 0.1) is 6.92 Å². The largest absolute Gasteiger partial charge is 0.481 e. The first-order chi connectivity index (χ1) is 15.3. The van der Waals surface area contributed by atoms with E-state index in [9.17, 15) is 14.7 Å². The molecule has 164 valence electrons. The number of carbonyl (C=O) groups excluding carboxylic acids is 1. The van der Waals surface area contributed by atoms with Crippen molar-refractivity contribution in [2.75, 3.05) is 10.6 Å². The van der Waals surface area contributed by atoms with Crippen molar-refractivity contribution in [3.05, 3.63) is 83.4 Å². The van der Waals surface area contributed by atoms with Crippen molar-refractivity contribution in [2.45, 2.75) is 38.2 Å². The molecule has 0 heterocycles. The number of aliphatic hydroxyl groups is 1. The second kappa shape index (κ2) is 8.85. The summed E-state index contributed by atoms with van der Waals surface area (Å²) in [6.07, 6.45) is 1.20. The quantitative estimate of drug-likeness (QED) is 0.458. The molecule has 3 aromatic carbocycles. The number of amides is 2. The zero-order chi connectivity index (χ0) is 22.7. The molecule has 2 amide bonds. The summed E-state index contributed by atoms with van der Waals surface area (Å²) >= 11 is 0. The summed E-state index contributed by atoms with van der Waals surface area (Å²) in [5, 5.41) is 25.2. The topological polar surface area (TPSA) is 98.7 Å². The predicted molar refractivity (Wildman–Crippen MR) is 125 cm³/mol. The number of fused-ring (bicyclic) bond motifs is 1. The fraction of sp³-hybridized carbons (Fsp3) is 0.231. The molecule has 0 fully saturated rings. The summed E-state index contributed by atoms with van der Waals surface area (Å²) in [7, 11) is 0. The van der Waals surface area contributed by atoms with Crippen LogP contribution in [0.25, 0.3) is 11.1 Å². The minimum absolute atomic E-state index is 0.236. The number of aliphatic carboxylic acids is 1. The van der Waals surface area contributed by atoms with E-state index in [2.05, 4.69) is 16.7 Å². The van der Waals surface area contributed by atoms with Gasteiger partial charge in [-0.05, 0) is 66.3 Å². The number of nitrogens with one attached hydrogen (secondary N) is 2. The lowest BCUT2D eigenvalue weighted by Gasteiger charge is -2.32. The van der Waals surface area contributed by atoms with Gasteiger partial charge >= 0.3 is 12.0 Å². The Hall–Kier alpha value is -3.64. The van der Waals surface area contributed by atoms with Crippen LogP contribution in [-0.4, -0.2) is 27.8 Å². The summed E-state index contributed by atoms with van der Waals surface area (Å²) in [6.45, 7) is 1.99. The van der Waals surface area contributed by atoms with Gasteiger partial charge in [-0.25, -0.2) is 4.79 Å². The molecular formula is C26H26N2O4. The van der Waals surface area contributed by atoms with Gasteiger partial charge in [-0.2, -0.15) is 0 Å². The summed E-state index contributed by atoms with van der Waals surface area (Å²) in [4.78, 5) is 23.3. The molecule has 1 atom stereocenters. The molecule has 1 aliphatic carbocycles. The molecule has 0 bridgehead atoms. The normalized spacial score (nSPS) is 17.3. The minimum Gasteiger partial charge on any atom is -0.481 e. The van der Waals surface area contributed by atoms with Gasteiger partial charge in [0, 0.05) is 17.8 Å². The van der Waals surface area contributed by atoms with E-state index >= 15 is 0 Å². The van der Waals surface area contributed by atoms with E-state index in [1.165, 1.54) is 0 Å². The van der Waals surface area contributed by atoms with Crippen molar-refractivity contribution in [1.29, 1.82) is 0 Å². The van der Waals surface area contributed by atoms with Crippen molar-refractivity contribution in [1.82, 2.24) is 0 Å². The number of hydrogen-bond donors (Lipinski definition) is 4. The standard InChI is InChI=1S/C26H26N2O4/c1-17-2-8-22(9-3-17)27-25(31)28-23-10-6-18(7-11-23)19-4-5-21-15-26(32,16-24(29)30)13-12-20(21)14-19/h2-11,14,32H,12-13,15-16H2,1H3,(H,29,30)(H2,27,28,31). The molecule has 32 heavy (non-hydrogen) atoms. The highest BCUT2D eigenvalue weighted by Gasteiger charge is 2.34. The van der Waals surface area contributed by atoms with Crippen LogP contribution in [0.5, 0.6) is 0 Å². The molecule has 6 nitrogen and oxygen atoms in total. The number of hydrogen-bond acceptors (Lipinski definition) is 3. The third-order valence-corrected chi connectivity index (χ3v) is 5.85. The SMILES string of the molecule is Cc1ccc(NC(=O)Nc2ccc(-c3ccc4c(c3)CCC(O)(CC(=O)O)C4)cc2)cc1. The van der Waals surface area contributed by atoms with Crippen LogP contribution in [0.2, 0.25) is 0 Å². The maximum Gasteiger partial charge on any atom is 0.323 e. The third-order valence-electron chi connectivity index (χ3n) is 5.85. The Morgan fingerprint density at radius 1 is 0.875 bits per heavy atom. The molecule has 1 unspecified atom stereocenters. The highest BCUT2D eigenvalue weighted by molar-refractivity contribution is 5.99. The van der Waals surface area contributed by atoms with Gasteiger partial charge in [0.15, 0.2) is 0 Å². The van der Waals surface area contributed by atoms with Gasteiger partial charge in [-0.15, -0.1) is 0 Å². The predicted octanol–water partition coefficient (Wildman–Crippen LogP) is 5.00. The van der Waals surface area contributed by atoms with Crippen molar-refractivity contribution >= 4 is 23.4 Å². The Morgan fingerprint density at radius 3 is 2.09 bits per heavy atom. The zero-order valence-corrected chi connectivity index (χ0v) is 17.9. The first kappa shape index (κ1) is 21.6. The van der Waals surface area contributed by atoms with Gasteiger partial charge in [0.25, 0.3) is 0 Å². The lowest BCUT2D eigenvalue weighted by atomic mass is 9.78. The number of carboxylic acid groups (broad SMARTS) is 1. The Bertz CT molecular complexity index is 1140. The van der Waals surface area contributed by atoms with Crippen molar-refractivity contribution < 1.29 is 19.8 Å². The average molecular weight is 431 g/mol. The molecule has 0 saturated heterocycles. The highest BCUT2D eigenvalue weighted by Crippen LogP contribution is 2.34. The van der Waals surface area contributed by atoms with E-state index in [4.69, 9.17) is 5.11 Å². The highest BCUT2D eigenvalue weighted by atomic mass is 16.4. The number of urea groups is 1. The molecule has 1 aliphatic rings. The molecule has 3 aromatic rings. The number of rotatable bonds is 5. The van der Waals surface area contributed by atoms with Gasteiger partial charge in [0.05, 0.1) is 12.0 Å². The summed E-state index contributed by atoms with van der Waals surface area (Å²) < 4.78 is 0. The molecule has 0 radical (unpaired) electrons. The van der Waals surface area contributed by atoms with Gasteiger partial charge in [0.2, 0.25) is 0 Å². The van der Waals surface area contributed by atoms with Crippen LogP contribution in [0.4, 0.5) is 16.2 Å². The Labute approximate surface area is 186 Å². The van der Waals surface area contributed by atoms with E-state index in [0.717, 1.165) is 33.5 Å². The van der Waals surface area contributed by atoms with Crippen LogP contribution in [0.1, 0.15) is 29.5 Å². The Morgan fingerprint density at radius 2 is 1.47 bits per heavy atom. The number of anilines is 2. The molecule has 6 heteroatoms. The van der Waals surface area contributed by atoms with Crippen LogP contribution >= 0.6 is 0 Å². The van der Waals surface area contributed by atoms with Crippen LogP contribution < -0.4 is 10.6 Å². The summed E-state index contributed by atoms with van der Waals surface area (Å²) in [6, 6.07) is 21.0. The van der Waals surface area contributed by atoms with Gasteiger partial charge in [-0.3, -0.25) is 4.79 Å². The van der Waals surface area contributed by atoms with Gasteiger partial charge in [0.1, 0.15) is 0 Å². The van der Waals surface area contributed by atoms with Gasteiger partial charge < -0.3 is 20.8 Å². The number of benzene rings is 3. The van der Waals surface area contributed by atoms with E-state index in [0.29, 0.717) is 24.9 Å².